The van der Waals surface area contributed by atoms with Gasteiger partial charge in [0.05, 0.1) is 5.56 Å². The van der Waals surface area contributed by atoms with Crippen LogP contribution in [0, 0.1) is 5.92 Å². The highest BCUT2D eigenvalue weighted by Crippen LogP contribution is 2.28. The van der Waals surface area contributed by atoms with E-state index in [-0.39, 0.29) is 10.5 Å². The third-order valence-electron chi connectivity index (χ3n) is 2.53. The van der Waals surface area contributed by atoms with E-state index in [0.29, 0.717) is 18.7 Å². The molecule has 0 saturated carbocycles. The number of carbonyl (C=O) groups excluding carboxylic acids is 1. The predicted molar refractivity (Wildman–Crippen MR) is 73.7 cm³/mol. The molecule has 0 aromatic carbocycles. The van der Waals surface area contributed by atoms with Gasteiger partial charge in [0.2, 0.25) is 0 Å². The van der Waals surface area contributed by atoms with Crippen molar-refractivity contribution >= 4 is 21.8 Å². The molecule has 3 nitrogen and oxygen atoms in total. The van der Waals surface area contributed by atoms with Crippen molar-refractivity contribution in [3.8, 4) is 0 Å². The van der Waals surface area contributed by atoms with Crippen molar-refractivity contribution < 1.29 is 18.0 Å². The summed E-state index contributed by atoms with van der Waals surface area (Å²) in [7, 11) is 0. The summed E-state index contributed by atoms with van der Waals surface area (Å²) in [5.41, 5.74) is -0.894. The van der Waals surface area contributed by atoms with Crippen LogP contribution < -0.4 is 5.32 Å². The topological polar surface area (TPSA) is 42.0 Å². The molecule has 112 valence electrons. The average molecular weight is 353 g/mol. The Morgan fingerprint density at radius 3 is 2.50 bits per heavy atom. The molecule has 1 N–H and O–H groups in total. The van der Waals surface area contributed by atoms with Gasteiger partial charge in [0.1, 0.15) is 5.69 Å². The molecule has 1 aromatic rings. The van der Waals surface area contributed by atoms with Gasteiger partial charge in [-0.05, 0) is 24.5 Å². The Kier molecular flexibility index (Phi) is 5.98. The fraction of sp³-hybridized carbons (Fsp3) is 0.538. The molecular weight excluding hydrogens is 337 g/mol. The quantitative estimate of drug-likeness (QED) is 0.822. The fourth-order valence-corrected chi connectivity index (χ4v) is 2.49. The Bertz CT molecular complexity index is 446. The highest BCUT2D eigenvalue weighted by Gasteiger charge is 2.30. The summed E-state index contributed by atoms with van der Waals surface area (Å²) in [5, 5.41) is 2.63. The third kappa shape index (κ3) is 5.48. The van der Waals surface area contributed by atoms with E-state index in [4.69, 9.17) is 0 Å². The van der Waals surface area contributed by atoms with Crippen molar-refractivity contribution in [2.75, 3.05) is 6.54 Å². The molecule has 0 bridgehead atoms. The van der Waals surface area contributed by atoms with Crippen molar-refractivity contribution in [2.45, 2.75) is 31.3 Å². The van der Waals surface area contributed by atoms with Crippen LogP contribution in [0.2, 0.25) is 0 Å². The number of halogens is 4. The molecule has 1 rings (SSSR count). The average Bonchev–Trinajstić information content (AvgIpc) is 2.34. The van der Waals surface area contributed by atoms with Crippen LogP contribution in [0.25, 0.3) is 0 Å². The van der Waals surface area contributed by atoms with Crippen molar-refractivity contribution in [1.82, 2.24) is 10.3 Å². The van der Waals surface area contributed by atoms with Gasteiger partial charge in [-0.15, -0.1) is 0 Å². The molecule has 1 amide bonds. The summed E-state index contributed by atoms with van der Waals surface area (Å²) < 4.78 is 37.0. The Morgan fingerprint density at radius 1 is 1.40 bits per heavy atom. The van der Waals surface area contributed by atoms with Crippen LogP contribution in [-0.4, -0.2) is 22.3 Å². The largest absolute Gasteiger partial charge is 0.417 e. The molecule has 1 unspecified atom stereocenters. The first-order chi connectivity index (χ1) is 9.20. The Morgan fingerprint density at radius 2 is 2.05 bits per heavy atom. The van der Waals surface area contributed by atoms with Crippen molar-refractivity contribution in [3.05, 3.63) is 29.6 Å². The molecule has 0 aliphatic heterocycles. The monoisotopic (exact) mass is 352 g/mol. The number of rotatable bonds is 5. The fourth-order valence-electron chi connectivity index (χ4n) is 1.58. The second kappa shape index (κ2) is 7.06. The molecule has 0 saturated heterocycles. The highest BCUT2D eigenvalue weighted by molar-refractivity contribution is 9.09. The van der Waals surface area contributed by atoms with E-state index >= 15 is 0 Å². The van der Waals surface area contributed by atoms with E-state index in [1.54, 1.807) is 0 Å². The zero-order valence-corrected chi connectivity index (χ0v) is 12.8. The van der Waals surface area contributed by atoms with Gasteiger partial charge in [-0.25, -0.2) is 0 Å². The van der Waals surface area contributed by atoms with Gasteiger partial charge in [-0.1, -0.05) is 29.8 Å². The first kappa shape index (κ1) is 16.9. The predicted octanol–water partition coefficient (Wildman–Crippen LogP) is 3.64. The lowest BCUT2D eigenvalue weighted by Gasteiger charge is -2.13. The maximum Gasteiger partial charge on any atom is 0.417 e. The van der Waals surface area contributed by atoms with Gasteiger partial charge in [0.15, 0.2) is 0 Å². The molecule has 1 aromatic heterocycles. The Labute approximate surface area is 124 Å². The van der Waals surface area contributed by atoms with Crippen LogP contribution in [-0.2, 0) is 6.18 Å². The van der Waals surface area contributed by atoms with Crippen molar-refractivity contribution in [1.29, 1.82) is 0 Å². The van der Waals surface area contributed by atoms with Crippen molar-refractivity contribution in [2.24, 2.45) is 5.92 Å². The summed E-state index contributed by atoms with van der Waals surface area (Å²) in [6, 6.07) is 1.92. The van der Waals surface area contributed by atoms with E-state index in [1.807, 2.05) is 0 Å². The SMILES string of the molecule is CC(C)CC(Br)CNC(=O)c1ccc(C(F)(F)F)cn1. The summed E-state index contributed by atoms with van der Waals surface area (Å²) in [5.74, 6) is 0.00685. The summed E-state index contributed by atoms with van der Waals surface area (Å²) in [6.45, 7) is 4.53. The highest BCUT2D eigenvalue weighted by atomic mass is 79.9. The number of carbonyl (C=O) groups is 1. The number of pyridine rings is 1. The van der Waals surface area contributed by atoms with Gasteiger partial charge in [-0.3, -0.25) is 9.78 Å². The Hall–Kier alpha value is -1.11. The Balaban J connectivity index is 2.56. The molecule has 1 heterocycles. The molecule has 0 aliphatic carbocycles. The molecule has 1 atom stereocenters. The number of alkyl halides is 4. The molecule has 0 spiro atoms. The number of amides is 1. The van der Waals surface area contributed by atoms with E-state index < -0.39 is 17.6 Å². The van der Waals surface area contributed by atoms with Crippen LogP contribution in [0.5, 0.6) is 0 Å². The molecule has 7 heteroatoms. The smallest absolute Gasteiger partial charge is 0.350 e. The van der Waals surface area contributed by atoms with E-state index in [9.17, 15) is 18.0 Å². The van der Waals surface area contributed by atoms with Crippen LogP contribution >= 0.6 is 15.9 Å². The van der Waals surface area contributed by atoms with E-state index in [1.165, 1.54) is 0 Å². The minimum absolute atomic E-state index is 0.0257. The molecule has 20 heavy (non-hydrogen) atoms. The van der Waals surface area contributed by atoms with Gasteiger partial charge < -0.3 is 5.32 Å². The normalized spacial score (nSPS) is 13.3. The minimum Gasteiger partial charge on any atom is -0.350 e. The summed E-state index contributed by atoms with van der Waals surface area (Å²) >= 11 is 3.43. The molecular formula is C13H16BrF3N2O. The van der Waals surface area contributed by atoms with Crippen molar-refractivity contribution in [3.63, 3.8) is 0 Å². The number of hydrogen-bond donors (Lipinski definition) is 1. The van der Waals surface area contributed by atoms with Gasteiger partial charge in [0.25, 0.3) is 5.91 Å². The third-order valence-corrected chi connectivity index (χ3v) is 3.23. The summed E-state index contributed by atoms with van der Waals surface area (Å²) in [6.07, 6.45) is -2.89. The van der Waals surface area contributed by atoms with Crippen LogP contribution in [0.4, 0.5) is 13.2 Å². The maximum absolute atomic E-state index is 12.3. The zero-order valence-electron chi connectivity index (χ0n) is 11.2. The van der Waals surface area contributed by atoms with Gasteiger partial charge >= 0.3 is 6.18 Å². The first-order valence-electron chi connectivity index (χ1n) is 6.15. The van der Waals surface area contributed by atoms with Crippen LogP contribution in [0.1, 0.15) is 36.3 Å². The number of aromatic nitrogens is 1. The molecule has 0 radical (unpaired) electrons. The second-order valence-electron chi connectivity index (χ2n) is 4.87. The second-order valence-corrected chi connectivity index (χ2v) is 6.16. The number of hydrogen-bond acceptors (Lipinski definition) is 2. The minimum atomic E-state index is -4.44. The number of nitrogens with zero attached hydrogens (tertiary/aromatic N) is 1. The maximum atomic E-state index is 12.3. The van der Waals surface area contributed by atoms with Crippen LogP contribution in [0.15, 0.2) is 18.3 Å². The zero-order chi connectivity index (χ0) is 15.3. The molecule has 0 fully saturated rings. The van der Waals surface area contributed by atoms with Gasteiger partial charge in [-0.2, -0.15) is 13.2 Å². The van der Waals surface area contributed by atoms with E-state index in [0.717, 1.165) is 18.6 Å². The standard InChI is InChI=1S/C13H16BrF3N2O/c1-8(2)5-10(14)7-19-12(20)11-4-3-9(6-18-11)13(15,16)17/h3-4,6,8,10H,5,7H2,1-2H3,(H,19,20). The lowest BCUT2D eigenvalue weighted by atomic mass is 10.1. The first-order valence-corrected chi connectivity index (χ1v) is 7.07. The molecule has 0 aliphatic rings. The lowest BCUT2D eigenvalue weighted by Crippen LogP contribution is -2.30. The summed E-state index contributed by atoms with van der Waals surface area (Å²) in [4.78, 5) is 15.4. The van der Waals surface area contributed by atoms with E-state index in [2.05, 4.69) is 40.1 Å². The number of nitrogens with one attached hydrogen (secondary N) is 1. The van der Waals surface area contributed by atoms with Crippen LogP contribution in [0.3, 0.4) is 0 Å². The lowest BCUT2D eigenvalue weighted by molar-refractivity contribution is -0.137. The van der Waals surface area contributed by atoms with Gasteiger partial charge in [0, 0.05) is 17.6 Å².